The van der Waals surface area contributed by atoms with E-state index in [0.29, 0.717) is 6.54 Å². The number of nitrogens with one attached hydrogen (secondary N) is 1. The van der Waals surface area contributed by atoms with Gasteiger partial charge in [-0.2, -0.15) is 0 Å². The van der Waals surface area contributed by atoms with Crippen LogP contribution in [0, 0.1) is 0 Å². The van der Waals surface area contributed by atoms with Crippen LogP contribution in [0.15, 0.2) is 41.8 Å². The number of nitrogens with zero attached hydrogens (tertiary/aromatic N) is 2. The molecule has 0 bridgehead atoms. The highest BCUT2D eigenvalue weighted by Gasteiger charge is 2.34. The Hall–Kier alpha value is -2.34. The summed E-state index contributed by atoms with van der Waals surface area (Å²) in [7, 11) is 0. The summed E-state index contributed by atoms with van der Waals surface area (Å²) in [5.74, 6) is 0.0122. The summed E-state index contributed by atoms with van der Waals surface area (Å²) >= 11 is 1.77. The van der Waals surface area contributed by atoms with Crippen LogP contribution >= 0.6 is 11.3 Å². The highest BCUT2D eigenvalue weighted by atomic mass is 32.1. The summed E-state index contributed by atoms with van der Waals surface area (Å²) in [5, 5.41) is 5.30. The lowest BCUT2D eigenvalue weighted by atomic mass is 9.93. The first kappa shape index (κ1) is 21.9. The number of carbonyl (C=O) groups excluding carboxylic acids is 2. The van der Waals surface area contributed by atoms with Crippen molar-refractivity contribution in [3.05, 3.63) is 57.8 Å². The largest absolute Gasteiger partial charge is 0.335 e. The molecule has 2 aliphatic rings. The van der Waals surface area contributed by atoms with E-state index >= 15 is 0 Å². The lowest BCUT2D eigenvalue weighted by Crippen LogP contribution is -2.53. The second-order valence-electron chi connectivity index (χ2n) is 8.96. The molecular weight excluding hydrogens is 406 g/mol. The summed E-state index contributed by atoms with van der Waals surface area (Å²) in [6.45, 7) is 4.76. The van der Waals surface area contributed by atoms with E-state index in [9.17, 15) is 9.59 Å². The van der Waals surface area contributed by atoms with E-state index in [2.05, 4.69) is 28.9 Å². The third-order valence-corrected chi connectivity index (χ3v) is 7.52. The minimum atomic E-state index is -0.111. The number of rotatable bonds is 5. The molecule has 2 aromatic rings. The van der Waals surface area contributed by atoms with Crippen LogP contribution in [0.1, 0.15) is 68.0 Å². The Kier molecular flexibility index (Phi) is 6.96. The van der Waals surface area contributed by atoms with E-state index in [1.54, 1.807) is 16.2 Å². The molecule has 31 heavy (non-hydrogen) atoms. The Balaban J connectivity index is 1.51. The normalized spacial score (nSPS) is 19.2. The molecule has 3 amide bonds. The van der Waals surface area contributed by atoms with Gasteiger partial charge in [0.05, 0.1) is 6.04 Å². The number of fused-ring (bicyclic) bond motifs is 1. The van der Waals surface area contributed by atoms with Gasteiger partial charge >= 0.3 is 6.03 Å². The lowest BCUT2D eigenvalue weighted by Gasteiger charge is -2.38. The SMILES string of the molecule is CC(C)N(CC(=O)N1CCc2sccc2C1c1ccccc1)C(=O)NC1CCCCC1. The van der Waals surface area contributed by atoms with E-state index in [1.807, 2.05) is 36.9 Å². The topological polar surface area (TPSA) is 52.7 Å². The van der Waals surface area contributed by atoms with Crippen molar-refractivity contribution in [3.8, 4) is 0 Å². The molecule has 1 aromatic heterocycles. The minimum Gasteiger partial charge on any atom is -0.335 e. The molecule has 5 nitrogen and oxygen atoms in total. The molecule has 1 atom stereocenters. The van der Waals surface area contributed by atoms with Crippen molar-refractivity contribution in [2.75, 3.05) is 13.1 Å². The van der Waals surface area contributed by atoms with Gasteiger partial charge in [0.2, 0.25) is 5.91 Å². The van der Waals surface area contributed by atoms with E-state index < -0.39 is 0 Å². The molecule has 0 spiro atoms. The summed E-state index contributed by atoms with van der Waals surface area (Å²) in [6.07, 6.45) is 6.53. The maximum absolute atomic E-state index is 13.5. The first-order chi connectivity index (χ1) is 15.0. The highest BCUT2D eigenvalue weighted by Crippen LogP contribution is 2.37. The van der Waals surface area contributed by atoms with Crippen molar-refractivity contribution in [1.82, 2.24) is 15.1 Å². The second kappa shape index (κ2) is 9.86. The molecule has 1 fully saturated rings. The molecule has 1 unspecified atom stereocenters. The van der Waals surface area contributed by atoms with E-state index in [4.69, 9.17) is 0 Å². The molecular formula is C25H33N3O2S. The fraction of sp³-hybridized carbons (Fsp3) is 0.520. The Morgan fingerprint density at radius 3 is 2.58 bits per heavy atom. The third-order valence-electron chi connectivity index (χ3n) is 6.52. The van der Waals surface area contributed by atoms with Crippen molar-refractivity contribution >= 4 is 23.3 Å². The van der Waals surface area contributed by atoms with Gasteiger partial charge in [-0.25, -0.2) is 4.79 Å². The van der Waals surface area contributed by atoms with Crippen LogP contribution in [0.2, 0.25) is 0 Å². The second-order valence-corrected chi connectivity index (χ2v) is 9.96. The number of urea groups is 1. The van der Waals surface area contributed by atoms with Crippen LogP contribution in [0.25, 0.3) is 0 Å². The number of carbonyl (C=O) groups is 2. The smallest absolute Gasteiger partial charge is 0.318 e. The zero-order valence-corrected chi connectivity index (χ0v) is 19.4. The zero-order valence-electron chi connectivity index (χ0n) is 18.5. The minimum absolute atomic E-state index is 0.0122. The van der Waals surface area contributed by atoms with Gasteiger partial charge in [-0.1, -0.05) is 49.6 Å². The van der Waals surface area contributed by atoms with Crippen LogP contribution < -0.4 is 5.32 Å². The Morgan fingerprint density at radius 1 is 1.13 bits per heavy atom. The fourth-order valence-electron chi connectivity index (χ4n) is 4.81. The van der Waals surface area contributed by atoms with E-state index in [0.717, 1.165) is 24.8 Å². The van der Waals surface area contributed by atoms with Gasteiger partial charge in [-0.3, -0.25) is 4.79 Å². The number of thiophene rings is 1. The van der Waals surface area contributed by atoms with E-state index in [-0.39, 0.29) is 36.6 Å². The van der Waals surface area contributed by atoms with Gasteiger partial charge in [0.25, 0.3) is 0 Å². The Bertz CT molecular complexity index is 889. The third kappa shape index (κ3) is 4.95. The van der Waals surface area contributed by atoms with E-state index in [1.165, 1.54) is 29.7 Å². The van der Waals surface area contributed by atoms with Gasteiger partial charge < -0.3 is 15.1 Å². The summed E-state index contributed by atoms with van der Waals surface area (Å²) < 4.78 is 0. The zero-order chi connectivity index (χ0) is 21.8. The van der Waals surface area contributed by atoms with Gasteiger partial charge in [0, 0.05) is 23.5 Å². The Labute approximate surface area is 189 Å². The van der Waals surface area contributed by atoms with Gasteiger partial charge in [-0.05, 0) is 55.7 Å². The average molecular weight is 440 g/mol. The van der Waals surface area contributed by atoms with Crippen LogP contribution in [0.3, 0.4) is 0 Å². The van der Waals surface area contributed by atoms with Crippen molar-refractivity contribution in [2.24, 2.45) is 0 Å². The average Bonchev–Trinajstić information content (AvgIpc) is 3.26. The molecule has 1 aromatic carbocycles. The van der Waals surface area contributed by atoms with Crippen molar-refractivity contribution < 1.29 is 9.59 Å². The molecule has 1 N–H and O–H groups in total. The highest BCUT2D eigenvalue weighted by molar-refractivity contribution is 7.10. The van der Waals surface area contributed by atoms with Crippen LogP contribution in [-0.2, 0) is 11.2 Å². The summed E-state index contributed by atoms with van der Waals surface area (Å²) in [5.41, 5.74) is 2.34. The molecule has 4 rings (SSSR count). The molecule has 6 heteroatoms. The summed E-state index contributed by atoms with van der Waals surface area (Å²) in [4.78, 5) is 31.6. The monoisotopic (exact) mass is 439 g/mol. The van der Waals surface area contributed by atoms with Crippen LogP contribution in [0.5, 0.6) is 0 Å². The molecule has 2 heterocycles. The van der Waals surface area contributed by atoms with Crippen LogP contribution in [0.4, 0.5) is 4.79 Å². The number of hydrogen-bond acceptors (Lipinski definition) is 3. The van der Waals surface area contributed by atoms with Crippen molar-refractivity contribution in [2.45, 2.75) is 70.5 Å². The lowest BCUT2D eigenvalue weighted by molar-refractivity contribution is -0.134. The van der Waals surface area contributed by atoms with Gasteiger partial charge in [0.15, 0.2) is 0 Å². The van der Waals surface area contributed by atoms with Gasteiger partial charge in [0.1, 0.15) is 6.54 Å². The summed E-state index contributed by atoms with van der Waals surface area (Å²) in [6, 6.07) is 12.4. The van der Waals surface area contributed by atoms with Crippen LogP contribution in [-0.4, -0.2) is 46.9 Å². The Morgan fingerprint density at radius 2 is 1.87 bits per heavy atom. The molecule has 0 saturated heterocycles. The molecule has 0 radical (unpaired) electrons. The van der Waals surface area contributed by atoms with Crippen molar-refractivity contribution in [1.29, 1.82) is 0 Å². The maximum atomic E-state index is 13.5. The maximum Gasteiger partial charge on any atom is 0.318 e. The molecule has 166 valence electrons. The van der Waals surface area contributed by atoms with Gasteiger partial charge in [-0.15, -0.1) is 11.3 Å². The first-order valence-corrected chi connectivity index (χ1v) is 12.4. The van der Waals surface area contributed by atoms with Crippen molar-refractivity contribution in [3.63, 3.8) is 0 Å². The number of hydrogen-bond donors (Lipinski definition) is 1. The standard InChI is InChI=1S/C25H33N3O2S/c1-18(2)28(25(30)26-20-11-7-4-8-12-20)17-23(29)27-15-13-22-21(14-16-31-22)24(27)19-9-5-3-6-10-19/h3,5-6,9-10,14,16,18,20,24H,4,7-8,11-13,15,17H2,1-2H3,(H,26,30). The first-order valence-electron chi connectivity index (χ1n) is 11.5. The number of benzene rings is 1. The fourth-order valence-corrected chi connectivity index (χ4v) is 5.71. The molecule has 1 aliphatic heterocycles. The predicted molar refractivity (Wildman–Crippen MR) is 125 cm³/mol. The predicted octanol–water partition coefficient (Wildman–Crippen LogP) is 4.97. The molecule has 1 saturated carbocycles. The quantitative estimate of drug-likeness (QED) is 0.715. The molecule has 1 aliphatic carbocycles. The number of amides is 3.